The molecule has 0 saturated carbocycles. The highest BCUT2D eigenvalue weighted by molar-refractivity contribution is 6.38. The molecule has 7 heteroatoms. The Morgan fingerprint density at radius 2 is 2.20 bits per heavy atom. The second-order valence-corrected chi connectivity index (χ2v) is 5.87. The molecule has 1 fully saturated rings. The van der Waals surface area contributed by atoms with E-state index in [1.54, 1.807) is 12.1 Å². The van der Waals surface area contributed by atoms with Crippen molar-refractivity contribution in [1.29, 1.82) is 0 Å². The lowest BCUT2D eigenvalue weighted by Crippen LogP contribution is -2.44. The van der Waals surface area contributed by atoms with Crippen LogP contribution in [-0.4, -0.2) is 29.1 Å². The number of hydrogen-bond donors (Lipinski definition) is 2. The third-order valence-corrected chi connectivity index (χ3v) is 3.98. The number of rotatable bonds is 1. The molecule has 5 nitrogen and oxygen atoms in total. The summed E-state index contributed by atoms with van der Waals surface area (Å²) >= 11 is 12.0. The zero-order valence-corrected chi connectivity index (χ0v) is 12.2. The molecule has 1 saturated heterocycles. The number of aromatic amines is 1. The van der Waals surface area contributed by atoms with Crippen LogP contribution in [0.4, 0.5) is 5.95 Å². The zero-order chi connectivity index (χ0) is 14.3. The molecule has 1 aromatic carbocycles. The predicted molar refractivity (Wildman–Crippen MR) is 81.8 cm³/mol. The fourth-order valence-electron chi connectivity index (χ4n) is 2.51. The second kappa shape index (κ2) is 5.24. The van der Waals surface area contributed by atoms with Crippen LogP contribution >= 0.6 is 23.2 Å². The highest BCUT2D eigenvalue weighted by Gasteiger charge is 2.20. The Labute approximate surface area is 125 Å². The Balaban J connectivity index is 2.12. The maximum Gasteiger partial charge on any atom is 0.260 e. The van der Waals surface area contributed by atoms with Gasteiger partial charge in [-0.1, -0.05) is 23.2 Å². The Kier molecular flexibility index (Phi) is 3.58. The molecule has 2 aromatic rings. The molecular weight excluding hydrogens is 299 g/mol. The summed E-state index contributed by atoms with van der Waals surface area (Å²) in [5.41, 5.74) is 6.18. The van der Waals surface area contributed by atoms with Crippen molar-refractivity contribution in [2.45, 2.75) is 18.9 Å². The van der Waals surface area contributed by atoms with Gasteiger partial charge < -0.3 is 10.6 Å². The maximum absolute atomic E-state index is 12.2. The van der Waals surface area contributed by atoms with E-state index in [-0.39, 0.29) is 11.6 Å². The Morgan fingerprint density at radius 3 is 2.95 bits per heavy atom. The van der Waals surface area contributed by atoms with Gasteiger partial charge in [0, 0.05) is 24.2 Å². The lowest BCUT2D eigenvalue weighted by atomic mass is 10.1. The normalized spacial score (nSPS) is 19.6. The average Bonchev–Trinajstić information content (AvgIpc) is 2.39. The molecule has 3 rings (SSSR count). The van der Waals surface area contributed by atoms with Gasteiger partial charge >= 0.3 is 0 Å². The molecule has 0 radical (unpaired) electrons. The Morgan fingerprint density at radius 1 is 1.40 bits per heavy atom. The number of anilines is 1. The van der Waals surface area contributed by atoms with Crippen LogP contribution in [0, 0.1) is 0 Å². The Bertz CT molecular complexity index is 715. The van der Waals surface area contributed by atoms with Gasteiger partial charge in [0.1, 0.15) is 0 Å². The van der Waals surface area contributed by atoms with Gasteiger partial charge in [0.25, 0.3) is 5.56 Å². The van der Waals surface area contributed by atoms with E-state index in [1.807, 2.05) is 4.90 Å². The summed E-state index contributed by atoms with van der Waals surface area (Å²) in [6.07, 6.45) is 1.97. The maximum atomic E-state index is 12.2. The molecule has 1 aliphatic rings. The van der Waals surface area contributed by atoms with Crippen molar-refractivity contribution in [2.75, 3.05) is 18.0 Å². The fraction of sp³-hybridized carbons (Fsp3) is 0.385. The molecule has 0 amide bonds. The van der Waals surface area contributed by atoms with Gasteiger partial charge in [-0.2, -0.15) is 0 Å². The van der Waals surface area contributed by atoms with Crippen molar-refractivity contribution in [3.8, 4) is 0 Å². The number of H-pyrrole nitrogens is 1. The number of halogens is 2. The van der Waals surface area contributed by atoms with Crippen LogP contribution in [0.5, 0.6) is 0 Å². The van der Waals surface area contributed by atoms with Gasteiger partial charge in [-0.05, 0) is 25.0 Å². The van der Waals surface area contributed by atoms with Crippen molar-refractivity contribution in [2.24, 2.45) is 5.73 Å². The topological polar surface area (TPSA) is 75.0 Å². The van der Waals surface area contributed by atoms with E-state index in [4.69, 9.17) is 28.9 Å². The summed E-state index contributed by atoms with van der Waals surface area (Å²) in [5, 5.41) is 1.19. The summed E-state index contributed by atoms with van der Waals surface area (Å²) in [5.74, 6) is 0.516. The van der Waals surface area contributed by atoms with Crippen molar-refractivity contribution < 1.29 is 0 Å². The SMILES string of the molecule is N[C@@H]1CCCN(c2nc3c(Cl)cc(Cl)cc3c(=O)[nH]2)C1. The quantitative estimate of drug-likeness (QED) is 0.846. The standard InChI is InChI=1S/C13H14Cl2N4O/c14-7-4-9-11(10(15)5-7)17-13(18-12(9)20)19-3-1-2-8(16)6-19/h4-5,8H,1-3,6,16H2,(H,17,18,20)/t8-/m1/s1. The van der Waals surface area contributed by atoms with Gasteiger partial charge in [0.15, 0.2) is 0 Å². The largest absolute Gasteiger partial charge is 0.341 e. The number of benzene rings is 1. The van der Waals surface area contributed by atoms with Crippen molar-refractivity contribution in [3.05, 3.63) is 32.5 Å². The van der Waals surface area contributed by atoms with E-state index < -0.39 is 0 Å². The smallest absolute Gasteiger partial charge is 0.260 e. The highest BCUT2D eigenvalue weighted by atomic mass is 35.5. The monoisotopic (exact) mass is 312 g/mol. The van der Waals surface area contributed by atoms with Gasteiger partial charge in [-0.15, -0.1) is 0 Å². The molecule has 1 atom stereocenters. The van der Waals surface area contributed by atoms with Crippen LogP contribution in [0.1, 0.15) is 12.8 Å². The van der Waals surface area contributed by atoms with Crippen LogP contribution in [0.25, 0.3) is 10.9 Å². The zero-order valence-electron chi connectivity index (χ0n) is 10.7. The Hall–Kier alpha value is -1.30. The lowest BCUT2D eigenvalue weighted by Gasteiger charge is -2.31. The van der Waals surface area contributed by atoms with E-state index >= 15 is 0 Å². The van der Waals surface area contributed by atoms with Gasteiger partial charge in [-0.25, -0.2) is 4.98 Å². The predicted octanol–water partition coefficient (Wildman–Crippen LogP) is 2.16. The number of nitrogens with two attached hydrogens (primary N) is 1. The molecule has 1 aromatic heterocycles. The summed E-state index contributed by atoms with van der Waals surface area (Å²) in [7, 11) is 0. The first kappa shape index (κ1) is 13.7. The first-order chi connectivity index (χ1) is 9.54. The van der Waals surface area contributed by atoms with Crippen molar-refractivity contribution in [1.82, 2.24) is 9.97 Å². The molecule has 106 valence electrons. The van der Waals surface area contributed by atoms with Crippen LogP contribution in [0.15, 0.2) is 16.9 Å². The van der Waals surface area contributed by atoms with Gasteiger partial charge in [0.05, 0.1) is 15.9 Å². The fourth-order valence-corrected chi connectivity index (χ4v) is 3.04. The molecule has 3 N–H and O–H groups in total. The minimum Gasteiger partial charge on any atom is -0.341 e. The number of aromatic nitrogens is 2. The minimum absolute atomic E-state index is 0.102. The molecule has 1 aliphatic heterocycles. The third kappa shape index (κ3) is 2.49. The minimum atomic E-state index is -0.242. The van der Waals surface area contributed by atoms with E-state index in [0.717, 1.165) is 19.4 Å². The van der Waals surface area contributed by atoms with Crippen LogP contribution in [0.3, 0.4) is 0 Å². The van der Waals surface area contributed by atoms with E-state index in [0.29, 0.717) is 33.4 Å². The highest BCUT2D eigenvalue weighted by Crippen LogP contribution is 2.26. The lowest BCUT2D eigenvalue weighted by molar-refractivity contribution is 0.500. The summed E-state index contributed by atoms with van der Waals surface area (Å²) in [4.78, 5) is 21.4. The molecule has 0 unspecified atom stereocenters. The number of nitrogens with one attached hydrogen (secondary N) is 1. The molecule has 2 heterocycles. The summed E-state index contributed by atoms with van der Waals surface area (Å²) < 4.78 is 0. The van der Waals surface area contributed by atoms with Crippen LogP contribution in [0.2, 0.25) is 10.0 Å². The van der Waals surface area contributed by atoms with E-state index in [2.05, 4.69) is 9.97 Å². The molecule has 0 aliphatic carbocycles. The second-order valence-electron chi connectivity index (χ2n) is 5.02. The average molecular weight is 313 g/mol. The number of fused-ring (bicyclic) bond motifs is 1. The molecular formula is C13H14Cl2N4O. The number of nitrogens with zero attached hydrogens (tertiary/aromatic N) is 2. The first-order valence-corrected chi connectivity index (χ1v) is 7.20. The third-order valence-electron chi connectivity index (χ3n) is 3.47. The van der Waals surface area contributed by atoms with Gasteiger partial charge in [0.2, 0.25) is 5.95 Å². The van der Waals surface area contributed by atoms with Gasteiger partial charge in [-0.3, -0.25) is 9.78 Å². The van der Waals surface area contributed by atoms with E-state index in [1.165, 1.54) is 0 Å². The van der Waals surface area contributed by atoms with Crippen LogP contribution < -0.4 is 16.2 Å². The molecule has 0 bridgehead atoms. The van der Waals surface area contributed by atoms with Crippen molar-refractivity contribution in [3.63, 3.8) is 0 Å². The number of piperidine rings is 1. The number of hydrogen-bond acceptors (Lipinski definition) is 4. The molecule has 20 heavy (non-hydrogen) atoms. The van der Waals surface area contributed by atoms with Crippen LogP contribution in [-0.2, 0) is 0 Å². The van der Waals surface area contributed by atoms with Crippen molar-refractivity contribution >= 4 is 40.1 Å². The molecule has 0 spiro atoms. The summed E-state index contributed by atoms with van der Waals surface area (Å²) in [6.45, 7) is 1.51. The van der Waals surface area contributed by atoms with E-state index in [9.17, 15) is 4.79 Å². The first-order valence-electron chi connectivity index (χ1n) is 6.44. The summed E-state index contributed by atoms with van der Waals surface area (Å²) in [6, 6.07) is 3.26.